The number of alkyl halides is 3. The first kappa shape index (κ1) is 26.7. The van der Waals surface area contributed by atoms with Crippen LogP contribution in [0.15, 0.2) is 24.3 Å². The Morgan fingerprint density at radius 2 is 1.89 bits per heavy atom. The van der Waals surface area contributed by atoms with Gasteiger partial charge in [0.1, 0.15) is 17.5 Å². The van der Waals surface area contributed by atoms with Gasteiger partial charge in [0.15, 0.2) is 0 Å². The predicted molar refractivity (Wildman–Crippen MR) is 124 cm³/mol. The summed E-state index contributed by atoms with van der Waals surface area (Å²) in [7, 11) is 1.29. The first-order valence-electron chi connectivity index (χ1n) is 11.4. The van der Waals surface area contributed by atoms with E-state index in [0.717, 1.165) is 12.1 Å². The molecule has 0 saturated carbocycles. The minimum Gasteiger partial charge on any atom is -0.496 e. The molecule has 1 fully saturated rings. The number of benzene rings is 1. The molecule has 1 aliphatic heterocycles. The van der Waals surface area contributed by atoms with Crippen molar-refractivity contribution in [3.05, 3.63) is 41.1 Å². The Morgan fingerprint density at radius 1 is 1.20 bits per heavy atom. The molecule has 2 aromatic rings. The molecule has 1 aliphatic rings. The Bertz CT molecular complexity index is 1080. The van der Waals surface area contributed by atoms with Crippen LogP contribution in [-0.2, 0) is 10.9 Å². The summed E-state index contributed by atoms with van der Waals surface area (Å²) in [6.45, 7) is 9.86. The van der Waals surface area contributed by atoms with Crippen LogP contribution < -0.4 is 4.74 Å². The van der Waals surface area contributed by atoms with E-state index in [4.69, 9.17) is 9.47 Å². The summed E-state index contributed by atoms with van der Waals surface area (Å²) >= 11 is 0. The molecule has 7 nitrogen and oxygen atoms in total. The van der Waals surface area contributed by atoms with Crippen LogP contribution in [0, 0.1) is 12.3 Å². The minimum atomic E-state index is -4.50. The molecule has 0 spiro atoms. The smallest absolute Gasteiger partial charge is 0.416 e. The number of aliphatic hydroxyl groups excluding tert-OH is 1. The number of piperidine rings is 1. The van der Waals surface area contributed by atoms with Crippen LogP contribution in [0.4, 0.5) is 18.0 Å². The summed E-state index contributed by atoms with van der Waals surface area (Å²) in [4.78, 5) is 14.2. The third-order valence-corrected chi connectivity index (χ3v) is 6.11. The monoisotopic (exact) mass is 495 g/mol. The second-order valence-corrected chi connectivity index (χ2v) is 10.3. The van der Waals surface area contributed by atoms with E-state index in [1.165, 1.54) is 13.2 Å². The number of amides is 1. The number of hydrogen-bond donors (Lipinski definition) is 1. The summed E-state index contributed by atoms with van der Waals surface area (Å²) in [5.74, 6) is 0.0257. The standard InChI is InChI=1S/C25H32F3N3O4/c1-15-12-18(21(32)24(5)10-7-11-31(14-24)22(33)35-23(2,3)4)29-30-20(15)17-9-8-16(25(26,27)28)13-19(17)34-6/h8-9,12-13,21,32H,7,10-11,14H2,1-6H3/t21-,24-/m1/s1. The van der Waals surface area contributed by atoms with E-state index >= 15 is 0 Å². The van der Waals surface area contributed by atoms with Crippen molar-refractivity contribution in [2.24, 2.45) is 5.41 Å². The van der Waals surface area contributed by atoms with Crippen molar-refractivity contribution < 1.29 is 32.5 Å². The molecule has 0 unspecified atom stereocenters. The van der Waals surface area contributed by atoms with Crippen LogP contribution in [0.3, 0.4) is 0 Å². The number of aryl methyl sites for hydroxylation is 1. The van der Waals surface area contributed by atoms with E-state index < -0.39 is 35.0 Å². The van der Waals surface area contributed by atoms with E-state index in [9.17, 15) is 23.1 Å². The van der Waals surface area contributed by atoms with Gasteiger partial charge in [-0.25, -0.2) is 4.79 Å². The summed E-state index contributed by atoms with van der Waals surface area (Å²) < 4.78 is 49.9. The van der Waals surface area contributed by atoms with Gasteiger partial charge in [0.2, 0.25) is 0 Å². The quantitative estimate of drug-likeness (QED) is 0.599. The molecule has 3 rings (SSSR count). The maximum Gasteiger partial charge on any atom is 0.416 e. The van der Waals surface area contributed by atoms with Gasteiger partial charge in [0.25, 0.3) is 0 Å². The fraction of sp³-hybridized carbons (Fsp3) is 0.560. The van der Waals surface area contributed by atoms with Crippen LogP contribution >= 0.6 is 0 Å². The van der Waals surface area contributed by atoms with Gasteiger partial charge >= 0.3 is 12.3 Å². The molecule has 2 atom stereocenters. The van der Waals surface area contributed by atoms with Gasteiger partial charge in [-0.2, -0.15) is 18.3 Å². The average Bonchev–Trinajstić information content (AvgIpc) is 2.76. The third-order valence-electron chi connectivity index (χ3n) is 6.11. The zero-order chi connectivity index (χ0) is 26.2. The molecule has 2 heterocycles. The van der Waals surface area contributed by atoms with Crippen molar-refractivity contribution in [1.29, 1.82) is 0 Å². The number of halogens is 3. The van der Waals surface area contributed by atoms with Gasteiger partial charge in [-0.3, -0.25) is 0 Å². The first-order valence-corrected chi connectivity index (χ1v) is 11.4. The van der Waals surface area contributed by atoms with E-state index in [-0.39, 0.29) is 12.3 Å². The zero-order valence-electron chi connectivity index (χ0n) is 20.9. The fourth-order valence-electron chi connectivity index (χ4n) is 4.30. The van der Waals surface area contributed by atoms with Gasteiger partial charge in [-0.15, -0.1) is 5.10 Å². The molecule has 1 N–H and O–H groups in total. The molecule has 1 aromatic carbocycles. The number of aliphatic hydroxyl groups is 1. The van der Waals surface area contributed by atoms with Crippen LogP contribution in [0.25, 0.3) is 11.3 Å². The molecule has 35 heavy (non-hydrogen) atoms. The molecule has 192 valence electrons. The lowest BCUT2D eigenvalue weighted by Gasteiger charge is -2.43. The fourth-order valence-corrected chi connectivity index (χ4v) is 4.30. The summed E-state index contributed by atoms with van der Waals surface area (Å²) in [6, 6.07) is 4.86. The lowest BCUT2D eigenvalue weighted by Crippen LogP contribution is -2.49. The first-order chi connectivity index (χ1) is 16.1. The van der Waals surface area contributed by atoms with Crippen molar-refractivity contribution >= 4 is 6.09 Å². The van der Waals surface area contributed by atoms with Gasteiger partial charge in [0.05, 0.1) is 24.1 Å². The molecular weight excluding hydrogens is 463 g/mol. The van der Waals surface area contributed by atoms with E-state index in [0.29, 0.717) is 41.9 Å². The van der Waals surface area contributed by atoms with Crippen LogP contribution in [-0.4, -0.2) is 52.1 Å². The van der Waals surface area contributed by atoms with Crippen LogP contribution in [0.2, 0.25) is 0 Å². The molecule has 1 amide bonds. The average molecular weight is 496 g/mol. The third kappa shape index (κ3) is 6.04. The molecule has 1 saturated heterocycles. The number of carbonyl (C=O) groups excluding carboxylic acids is 1. The number of carbonyl (C=O) groups is 1. The zero-order valence-corrected chi connectivity index (χ0v) is 20.9. The van der Waals surface area contributed by atoms with Gasteiger partial charge in [-0.05, 0) is 70.4 Å². The van der Waals surface area contributed by atoms with Crippen molar-refractivity contribution in [1.82, 2.24) is 15.1 Å². The summed E-state index contributed by atoms with van der Waals surface area (Å²) in [5.41, 5.74) is -0.454. The van der Waals surface area contributed by atoms with Gasteiger partial charge in [0, 0.05) is 24.1 Å². The maximum absolute atomic E-state index is 13.1. The summed E-state index contributed by atoms with van der Waals surface area (Å²) in [5, 5.41) is 19.6. The van der Waals surface area contributed by atoms with E-state index in [1.54, 1.807) is 38.7 Å². The number of hydrogen-bond acceptors (Lipinski definition) is 6. The molecular formula is C25H32F3N3O4. The highest BCUT2D eigenvalue weighted by Crippen LogP contribution is 2.42. The summed E-state index contributed by atoms with van der Waals surface area (Å²) in [6.07, 6.45) is -4.57. The maximum atomic E-state index is 13.1. The lowest BCUT2D eigenvalue weighted by atomic mass is 9.75. The number of aromatic nitrogens is 2. The van der Waals surface area contributed by atoms with Crippen molar-refractivity contribution in [3.63, 3.8) is 0 Å². The predicted octanol–water partition coefficient (Wildman–Crippen LogP) is 5.55. The van der Waals surface area contributed by atoms with Gasteiger partial charge < -0.3 is 19.5 Å². The number of rotatable bonds is 4. The Kier molecular flexibility index (Phi) is 7.36. The topological polar surface area (TPSA) is 84.8 Å². The Morgan fingerprint density at radius 3 is 2.46 bits per heavy atom. The number of likely N-dealkylation sites (tertiary alicyclic amines) is 1. The van der Waals surface area contributed by atoms with E-state index in [2.05, 4.69) is 10.2 Å². The normalized spacial score (nSPS) is 19.9. The Balaban J connectivity index is 1.86. The van der Waals surface area contributed by atoms with Crippen molar-refractivity contribution in [2.75, 3.05) is 20.2 Å². The number of methoxy groups -OCH3 is 1. The van der Waals surface area contributed by atoms with Crippen molar-refractivity contribution in [2.45, 2.75) is 65.3 Å². The Labute approximate surface area is 203 Å². The molecule has 1 aromatic heterocycles. The second kappa shape index (κ2) is 9.64. The van der Waals surface area contributed by atoms with E-state index in [1.807, 2.05) is 6.92 Å². The minimum absolute atomic E-state index is 0.0257. The molecule has 10 heteroatoms. The highest BCUT2D eigenvalue weighted by molar-refractivity contribution is 5.70. The van der Waals surface area contributed by atoms with Gasteiger partial charge in [-0.1, -0.05) is 6.92 Å². The van der Waals surface area contributed by atoms with Crippen LogP contribution in [0.5, 0.6) is 5.75 Å². The molecule has 0 aliphatic carbocycles. The molecule has 0 radical (unpaired) electrons. The SMILES string of the molecule is COc1cc(C(F)(F)F)ccc1-c1nnc([C@@H](O)[C@]2(C)CCCN(C(=O)OC(C)(C)C)C2)cc1C. The molecule has 0 bridgehead atoms. The van der Waals surface area contributed by atoms with Crippen molar-refractivity contribution in [3.8, 4) is 17.0 Å². The lowest BCUT2D eigenvalue weighted by molar-refractivity contribution is -0.137. The highest BCUT2D eigenvalue weighted by Gasteiger charge is 2.41. The number of nitrogens with zero attached hydrogens (tertiary/aromatic N) is 3. The second-order valence-electron chi connectivity index (χ2n) is 10.3. The largest absolute Gasteiger partial charge is 0.496 e. The highest BCUT2D eigenvalue weighted by atomic mass is 19.4. The number of ether oxygens (including phenoxy) is 2. The van der Waals surface area contributed by atoms with Crippen LogP contribution in [0.1, 0.15) is 63.5 Å². The Hall–Kier alpha value is -2.88.